The van der Waals surface area contributed by atoms with Crippen LogP contribution in [0.5, 0.6) is 0 Å². The summed E-state index contributed by atoms with van der Waals surface area (Å²) in [6.07, 6.45) is 0. The molecule has 1 aromatic heterocycles. The van der Waals surface area contributed by atoms with Crippen LogP contribution >= 0.6 is 0 Å². The Bertz CT molecular complexity index is 1200. The van der Waals surface area contributed by atoms with Crippen LogP contribution in [0.2, 0.25) is 0 Å². The van der Waals surface area contributed by atoms with Crippen molar-refractivity contribution in [1.82, 2.24) is 4.98 Å². The number of aromatic nitrogens is 1. The number of fused-ring (bicyclic) bond motifs is 1. The summed E-state index contributed by atoms with van der Waals surface area (Å²) in [6, 6.07) is 17.6. The van der Waals surface area contributed by atoms with Crippen LogP contribution in [-0.4, -0.2) is 10.9 Å². The minimum Gasteiger partial charge on any atom is -0.436 e. The van der Waals surface area contributed by atoms with E-state index in [9.17, 15) is 4.79 Å². The number of rotatable bonds is 3. The third kappa shape index (κ3) is 3.41. The quantitative estimate of drug-likeness (QED) is 0.482. The number of amides is 1. The summed E-state index contributed by atoms with van der Waals surface area (Å²) in [4.78, 5) is 17.4. The Morgan fingerprint density at radius 2 is 1.61 bits per heavy atom. The Labute approximate surface area is 164 Å². The van der Waals surface area contributed by atoms with E-state index in [2.05, 4.69) is 10.3 Å². The Hall–Kier alpha value is -3.40. The molecule has 0 unspecified atom stereocenters. The van der Waals surface area contributed by atoms with Crippen molar-refractivity contribution in [1.29, 1.82) is 0 Å². The molecule has 4 rings (SSSR count). The summed E-state index contributed by atoms with van der Waals surface area (Å²) in [6.45, 7) is 7.96. The Balaban J connectivity index is 1.67. The first-order chi connectivity index (χ1) is 13.4. The van der Waals surface area contributed by atoms with E-state index < -0.39 is 0 Å². The maximum Gasteiger partial charge on any atom is 0.255 e. The van der Waals surface area contributed by atoms with Crippen molar-refractivity contribution < 1.29 is 9.21 Å². The van der Waals surface area contributed by atoms with E-state index in [-0.39, 0.29) is 5.91 Å². The lowest BCUT2D eigenvalue weighted by Crippen LogP contribution is -2.14. The van der Waals surface area contributed by atoms with Crippen molar-refractivity contribution in [3.05, 3.63) is 82.4 Å². The molecule has 28 heavy (non-hydrogen) atoms. The van der Waals surface area contributed by atoms with E-state index in [0.29, 0.717) is 11.5 Å². The second kappa shape index (κ2) is 6.97. The topological polar surface area (TPSA) is 55.1 Å². The molecule has 4 nitrogen and oxygen atoms in total. The molecule has 4 heteroatoms. The van der Waals surface area contributed by atoms with E-state index in [1.165, 1.54) is 0 Å². The minimum absolute atomic E-state index is 0.120. The molecule has 0 saturated heterocycles. The van der Waals surface area contributed by atoms with Gasteiger partial charge < -0.3 is 9.73 Å². The molecule has 0 aliphatic heterocycles. The van der Waals surface area contributed by atoms with Gasteiger partial charge in [0.15, 0.2) is 5.58 Å². The van der Waals surface area contributed by atoms with Crippen LogP contribution in [0.1, 0.15) is 32.6 Å². The second-order valence-electron chi connectivity index (χ2n) is 7.29. The van der Waals surface area contributed by atoms with Gasteiger partial charge in [0.1, 0.15) is 5.52 Å². The molecule has 0 aliphatic rings. The van der Waals surface area contributed by atoms with E-state index in [1.807, 2.05) is 82.3 Å². The average molecular weight is 370 g/mol. The van der Waals surface area contributed by atoms with Gasteiger partial charge >= 0.3 is 0 Å². The Morgan fingerprint density at radius 1 is 0.857 bits per heavy atom. The molecule has 0 fully saturated rings. The number of nitrogens with zero attached hydrogens (tertiary/aromatic N) is 1. The standard InChI is InChI=1S/C24H22N2O2/c1-14-5-9-19(17(4)11-14)23(27)25-21-13-18(8-7-16(21)3)24-26-20-10-6-15(2)12-22(20)28-24/h5-13H,1-4H3,(H,25,27). The Morgan fingerprint density at radius 3 is 2.39 bits per heavy atom. The monoisotopic (exact) mass is 370 g/mol. The largest absolute Gasteiger partial charge is 0.436 e. The van der Waals surface area contributed by atoms with Crippen molar-refractivity contribution in [3.8, 4) is 11.5 Å². The van der Waals surface area contributed by atoms with Crippen LogP contribution in [0.25, 0.3) is 22.6 Å². The molecule has 0 spiro atoms. The smallest absolute Gasteiger partial charge is 0.255 e. The molecular formula is C24H22N2O2. The number of oxazole rings is 1. The van der Waals surface area contributed by atoms with Crippen LogP contribution in [-0.2, 0) is 0 Å². The summed E-state index contributed by atoms with van der Waals surface area (Å²) in [5.41, 5.74) is 8.04. The third-order valence-electron chi connectivity index (χ3n) is 4.90. The fourth-order valence-electron chi connectivity index (χ4n) is 3.30. The molecule has 1 amide bonds. The van der Waals surface area contributed by atoms with Crippen LogP contribution in [0.3, 0.4) is 0 Å². The SMILES string of the molecule is Cc1ccc(C(=O)Nc2cc(-c3nc4ccc(C)cc4o3)ccc2C)c(C)c1. The highest BCUT2D eigenvalue weighted by atomic mass is 16.3. The first kappa shape index (κ1) is 18.0. The molecule has 0 aliphatic carbocycles. The summed E-state index contributed by atoms with van der Waals surface area (Å²) in [5.74, 6) is 0.425. The molecule has 140 valence electrons. The number of benzene rings is 3. The number of anilines is 1. The van der Waals surface area contributed by atoms with Crippen molar-refractivity contribution in [2.24, 2.45) is 0 Å². The zero-order valence-corrected chi connectivity index (χ0v) is 16.5. The molecular weight excluding hydrogens is 348 g/mol. The number of carbonyl (C=O) groups is 1. The highest BCUT2D eigenvalue weighted by molar-refractivity contribution is 6.06. The van der Waals surface area contributed by atoms with Crippen molar-refractivity contribution in [2.75, 3.05) is 5.32 Å². The normalized spacial score (nSPS) is 11.0. The van der Waals surface area contributed by atoms with Gasteiger partial charge in [-0.15, -0.1) is 0 Å². The molecule has 1 N–H and O–H groups in total. The van der Waals surface area contributed by atoms with E-state index in [1.54, 1.807) is 0 Å². The second-order valence-corrected chi connectivity index (χ2v) is 7.29. The van der Waals surface area contributed by atoms with Crippen molar-refractivity contribution in [2.45, 2.75) is 27.7 Å². The lowest BCUT2D eigenvalue weighted by atomic mass is 10.0. The first-order valence-corrected chi connectivity index (χ1v) is 9.27. The zero-order valence-electron chi connectivity index (χ0n) is 16.5. The molecule has 0 bridgehead atoms. The first-order valence-electron chi connectivity index (χ1n) is 9.27. The average Bonchev–Trinajstić information content (AvgIpc) is 3.06. The van der Waals surface area contributed by atoms with Gasteiger partial charge in [0.2, 0.25) is 5.89 Å². The number of hydrogen-bond donors (Lipinski definition) is 1. The van der Waals surface area contributed by atoms with Gasteiger partial charge in [0.05, 0.1) is 0 Å². The number of hydrogen-bond acceptors (Lipinski definition) is 3. The third-order valence-corrected chi connectivity index (χ3v) is 4.90. The maximum absolute atomic E-state index is 12.8. The van der Waals surface area contributed by atoms with Crippen molar-refractivity contribution in [3.63, 3.8) is 0 Å². The Kier molecular flexibility index (Phi) is 4.47. The molecule has 0 saturated carbocycles. The summed E-state index contributed by atoms with van der Waals surface area (Å²) >= 11 is 0. The minimum atomic E-state index is -0.120. The molecule has 1 heterocycles. The highest BCUT2D eigenvalue weighted by Crippen LogP contribution is 2.29. The highest BCUT2D eigenvalue weighted by Gasteiger charge is 2.14. The fourth-order valence-corrected chi connectivity index (χ4v) is 3.30. The maximum atomic E-state index is 12.8. The summed E-state index contributed by atoms with van der Waals surface area (Å²) in [7, 11) is 0. The van der Waals surface area contributed by atoms with Crippen LogP contribution in [0, 0.1) is 27.7 Å². The number of carbonyl (C=O) groups excluding carboxylic acids is 1. The van der Waals surface area contributed by atoms with E-state index >= 15 is 0 Å². The van der Waals surface area contributed by atoms with Crippen LogP contribution in [0.15, 0.2) is 59.0 Å². The van der Waals surface area contributed by atoms with Gasteiger partial charge in [0, 0.05) is 16.8 Å². The lowest BCUT2D eigenvalue weighted by molar-refractivity contribution is 0.102. The van der Waals surface area contributed by atoms with Crippen LogP contribution < -0.4 is 5.32 Å². The van der Waals surface area contributed by atoms with Gasteiger partial charge in [-0.1, -0.05) is 29.8 Å². The summed E-state index contributed by atoms with van der Waals surface area (Å²) in [5, 5.41) is 3.03. The van der Waals surface area contributed by atoms with Crippen LogP contribution in [0.4, 0.5) is 5.69 Å². The molecule has 3 aromatic carbocycles. The predicted octanol–water partition coefficient (Wildman–Crippen LogP) is 5.98. The van der Waals surface area contributed by atoms with Gasteiger partial charge in [0.25, 0.3) is 5.91 Å². The van der Waals surface area contributed by atoms with Gasteiger partial charge in [-0.25, -0.2) is 4.98 Å². The van der Waals surface area contributed by atoms with Crippen molar-refractivity contribution >= 4 is 22.7 Å². The molecule has 0 radical (unpaired) electrons. The zero-order chi connectivity index (χ0) is 19.8. The van der Waals surface area contributed by atoms with E-state index in [4.69, 9.17) is 4.42 Å². The van der Waals surface area contributed by atoms with E-state index in [0.717, 1.165) is 44.6 Å². The summed E-state index contributed by atoms with van der Waals surface area (Å²) < 4.78 is 5.93. The molecule has 4 aromatic rings. The lowest BCUT2D eigenvalue weighted by Gasteiger charge is -2.11. The molecule has 0 atom stereocenters. The number of nitrogens with one attached hydrogen (secondary N) is 1. The van der Waals surface area contributed by atoms with Gasteiger partial charge in [-0.3, -0.25) is 4.79 Å². The van der Waals surface area contributed by atoms with Gasteiger partial charge in [-0.05, 0) is 74.7 Å². The number of aryl methyl sites for hydroxylation is 4. The predicted molar refractivity (Wildman–Crippen MR) is 113 cm³/mol. The van der Waals surface area contributed by atoms with Gasteiger partial charge in [-0.2, -0.15) is 0 Å². The fraction of sp³-hybridized carbons (Fsp3) is 0.167.